The van der Waals surface area contributed by atoms with Crippen LogP contribution in [0.3, 0.4) is 0 Å². The third-order valence-electron chi connectivity index (χ3n) is 2.86. The van der Waals surface area contributed by atoms with Gasteiger partial charge in [0.1, 0.15) is 5.69 Å². The molecule has 0 aliphatic carbocycles. The van der Waals surface area contributed by atoms with Crippen LogP contribution in [0.2, 0.25) is 0 Å². The van der Waals surface area contributed by atoms with E-state index in [9.17, 15) is 9.59 Å². The Kier molecular flexibility index (Phi) is 3.61. The number of ether oxygens (including phenoxy) is 1. The minimum Gasteiger partial charge on any atom is -0.479 e. The molecular weight excluding hydrogens is 238 g/mol. The van der Waals surface area contributed by atoms with Crippen LogP contribution in [0.1, 0.15) is 23.1 Å². The van der Waals surface area contributed by atoms with E-state index in [1.807, 2.05) is 6.92 Å². The van der Waals surface area contributed by atoms with Crippen LogP contribution in [-0.4, -0.2) is 57.9 Å². The molecule has 1 aliphatic rings. The number of rotatable bonds is 3. The zero-order valence-electron chi connectivity index (χ0n) is 10.0. The van der Waals surface area contributed by atoms with Gasteiger partial charge in [-0.25, -0.2) is 4.79 Å². The van der Waals surface area contributed by atoms with Crippen LogP contribution in [0.15, 0.2) is 6.07 Å². The molecule has 7 heteroatoms. The summed E-state index contributed by atoms with van der Waals surface area (Å²) in [4.78, 5) is 24.4. The highest BCUT2D eigenvalue weighted by atomic mass is 16.5. The highest BCUT2D eigenvalue weighted by molar-refractivity contribution is 5.92. The molecule has 1 atom stereocenters. The fourth-order valence-electron chi connectivity index (χ4n) is 1.80. The number of aromatic amines is 1. The topological polar surface area (TPSA) is 95.5 Å². The molecule has 1 aromatic rings. The average Bonchev–Trinajstić information content (AvgIpc) is 2.86. The van der Waals surface area contributed by atoms with Gasteiger partial charge in [0.15, 0.2) is 6.10 Å². The van der Waals surface area contributed by atoms with Crippen LogP contribution in [0.5, 0.6) is 0 Å². The second-order valence-corrected chi connectivity index (χ2v) is 4.08. The van der Waals surface area contributed by atoms with Gasteiger partial charge in [-0.3, -0.25) is 9.89 Å². The summed E-state index contributed by atoms with van der Waals surface area (Å²) in [6.07, 6.45) is -0.187. The fourth-order valence-corrected chi connectivity index (χ4v) is 1.80. The Balaban J connectivity index is 2.06. The lowest BCUT2D eigenvalue weighted by Crippen LogP contribution is -2.48. The number of carbonyl (C=O) groups excluding carboxylic acids is 1. The first-order valence-corrected chi connectivity index (χ1v) is 5.79. The number of hydrogen-bond acceptors (Lipinski definition) is 4. The summed E-state index contributed by atoms with van der Waals surface area (Å²) in [6, 6.07) is 1.69. The van der Waals surface area contributed by atoms with Crippen molar-refractivity contribution < 1.29 is 19.4 Å². The van der Waals surface area contributed by atoms with Crippen molar-refractivity contribution in [2.45, 2.75) is 19.4 Å². The van der Waals surface area contributed by atoms with Crippen LogP contribution in [0.4, 0.5) is 0 Å². The number of morpholine rings is 1. The Bertz CT molecular complexity index is 457. The maximum Gasteiger partial charge on any atom is 0.334 e. The summed E-state index contributed by atoms with van der Waals surface area (Å²) in [7, 11) is 0. The molecule has 1 amide bonds. The molecule has 2 rings (SSSR count). The van der Waals surface area contributed by atoms with Gasteiger partial charge in [-0.15, -0.1) is 0 Å². The summed E-state index contributed by atoms with van der Waals surface area (Å²) in [5, 5.41) is 15.6. The predicted molar refractivity (Wildman–Crippen MR) is 61.2 cm³/mol. The summed E-state index contributed by atoms with van der Waals surface area (Å²) < 4.78 is 5.06. The fraction of sp³-hybridized carbons (Fsp3) is 0.545. The van der Waals surface area contributed by atoms with Crippen LogP contribution >= 0.6 is 0 Å². The maximum absolute atomic E-state index is 12.1. The number of carboxylic acid groups (broad SMARTS) is 1. The normalized spacial score (nSPS) is 19.8. The van der Waals surface area contributed by atoms with Crippen molar-refractivity contribution in [2.75, 3.05) is 19.7 Å². The molecule has 0 radical (unpaired) electrons. The van der Waals surface area contributed by atoms with Gasteiger partial charge >= 0.3 is 5.97 Å². The van der Waals surface area contributed by atoms with Gasteiger partial charge in [0.2, 0.25) is 0 Å². The first-order chi connectivity index (χ1) is 8.61. The first-order valence-electron chi connectivity index (χ1n) is 5.79. The lowest BCUT2D eigenvalue weighted by atomic mass is 10.2. The molecule has 2 N–H and O–H groups in total. The van der Waals surface area contributed by atoms with E-state index in [2.05, 4.69) is 10.2 Å². The quantitative estimate of drug-likeness (QED) is 0.784. The molecule has 0 bridgehead atoms. The molecule has 1 saturated heterocycles. The zero-order chi connectivity index (χ0) is 13.1. The summed E-state index contributed by atoms with van der Waals surface area (Å²) in [5.41, 5.74) is 1.19. The summed E-state index contributed by atoms with van der Waals surface area (Å²) in [6.45, 7) is 2.63. The Labute approximate surface area is 104 Å². The maximum atomic E-state index is 12.1. The number of nitrogens with one attached hydrogen (secondary N) is 1. The van der Waals surface area contributed by atoms with E-state index >= 15 is 0 Å². The number of H-pyrrole nitrogens is 1. The monoisotopic (exact) mass is 253 g/mol. The standard InChI is InChI=1S/C11H15N3O4/c1-2-7-5-8(13-12-7)10(15)14-3-4-18-9(6-14)11(16)17/h5,9H,2-4,6H2,1H3,(H,12,13)(H,16,17)/t9-/m0/s1. The zero-order valence-corrected chi connectivity index (χ0v) is 10.0. The Hall–Kier alpha value is -1.89. The van der Waals surface area contributed by atoms with Crippen molar-refractivity contribution in [3.63, 3.8) is 0 Å². The minimum atomic E-state index is -1.05. The molecule has 18 heavy (non-hydrogen) atoms. The van der Waals surface area contributed by atoms with Crippen molar-refractivity contribution in [1.29, 1.82) is 0 Å². The van der Waals surface area contributed by atoms with Crippen molar-refractivity contribution in [2.24, 2.45) is 0 Å². The van der Waals surface area contributed by atoms with Gasteiger partial charge in [0.05, 0.1) is 13.2 Å². The van der Waals surface area contributed by atoms with E-state index in [0.29, 0.717) is 12.2 Å². The van der Waals surface area contributed by atoms with Crippen LogP contribution in [0.25, 0.3) is 0 Å². The second kappa shape index (κ2) is 5.18. The second-order valence-electron chi connectivity index (χ2n) is 4.08. The summed E-state index contributed by atoms with van der Waals surface area (Å²) >= 11 is 0. The third kappa shape index (κ3) is 2.51. The number of aryl methyl sites for hydroxylation is 1. The minimum absolute atomic E-state index is 0.0580. The van der Waals surface area contributed by atoms with Gasteiger partial charge in [0, 0.05) is 12.2 Å². The largest absolute Gasteiger partial charge is 0.479 e. The molecule has 0 aromatic carbocycles. The number of aromatic nitrogens is 2. The van der Waals surface area contributed by atoms with Gasteiger partial charge in [-0.05, 0) is 12.5 Å². The molecule has 7 nitrogen and oxygen atoms in total. The molecule has 1 aromatic heterocycles. The number of hydrogen-bond donors (Lipinski definition) is 2. The van der Waals surface area contributed by atoms with Crippen LogP contribution < -0.4 is 0 Å². The van der Waals surface area contributed by atoms with Crippen molar-refractivity contribution in [3.05, 3.63) is 17.5 Å². The van der Waals surface area contributed by atoms with Crippen LogP contribution in [0, 0.1) is 0 Å². The molecule has 0 spiro atoms. The number of amides is 1. The lowest BCUT2D eigenvalue weighted by molar-refractivity contribution is -0.154. The van der Waals surface area contributed by atoms with Crippen molar-refractivity contribution in [3.8, 4) is 0 Å². The van der Waals surface area contributed by atoms with Gasteiger partial charge < -0.3 is 14.7 Å². The number of aliphatic carboxylic acids is 1. The van der Waals surface area contributed by atoms with Crippen LogP contribution in [-0.2, 0) is 16.0 Å². The van der Waals surface area contributed by atoms with E-state index in [-0.39, 0.29) is 19.1 Å². The first kappa shape index (κ1) is 12.6. The molecule has 0 unspecified atom stereocenters. The Morgan fingerprint density at radius 3 is 3.06 bits per heavy atom. The van der Waals surface area contributed by atoms with E-state index in [4.69, 9.17) is 9.84 Å². The number of carboxylic acids is 1. The van der Waals surface area contributed by atoms with E-state index in [1.165, 1.54) is 4.90 Å². The summed E-state index contributed by atoms with van der Waals surface area (Å²) in [5.74, 6) is -1.32. The predicted octanol–water partition coefficient (Wildman–Crippen LogP) is -0.102. The molecule has 0 saturated carbocycles. The third-order valence-corrected chi connectivity index (χ3v) is 2.86. The highest BCUT2D eigenvalue weighted by Crippen LogP contribution is 2.10. The number of carbonyl (C=O) groups is 2. The van der Waals surface area contributed by atoms with Gasteiger partial charge in [0.25, 0.3) is 5.91 Å². The average molecular weight is 253 g/mol. The van der Waals surface area contributed by atoms with Gasteiger partial charge in [-0.1, -0.05) is 6.92 Å². The SMILES string of the molecule is CCc1cc(C(=O)N2CCO[C@H](C(=O)O)C2)n[nH]1. The van der Waals surface area contributed by atoms with E-state index < -0.39 is 12.1 Å². The Morgan fingerprint density at radius 1 is 1.67 bits per heavy atom. The van der Waals surface area contributed by atoms with Gasteiger partial charge in [-0.2, -0.15) is 5.10 Å². The smallest absolute Gasteiger partial charge is 0.334 e. The van der Waals surface area contributed by atoms with E-state index in [0.717, 1.165) is 12.1 Å². The Morgan fingerprint density at radius 2 is 2.44 bits per heavy atom. The molecule has 1 aliphatic heterocycles. The van der Waals surface area contributed by atoms with Crippen molar-refractivity contribution in [1.82, 2.24) is 15.1 Å². The molecule has 2 heterocycles. The van der Waals surface area contributed by atoms with Crippen molar-refractivity contribution >= 4 is 11.9 Å². The molecule has 1 fully saturated rings. The van der Waals surface area contributed by atoms with E-state index in [1.54, 1.807) is 6.07 Å². The highest BCUT2D eigenvalue weighted by Gasteiger charge is 2.30. The molecular formula is C11H15N3O4. The molecule has 98 valence electrons. The lowest BCUT2D eigenvalue weighted by Gasteiger charge is -2.30. The number of nitrogens with zero attached hydrogens (tertiary/aromatic N) is 2.